The van der Waals surface area contributed by atoms with Gasteiger partial charge in [0.1, 0.15) is 11.5 Å². The molecule has 100 valence electrons. The Kier molecular flexibility index (Phi) is 4.55. The molecule has 2 aromatic heterocycles. The highest BCUT2D eigenvalue weighted by Gasteiger charge is 1.97. The zero-order chi connectivity index (χ0) is 13.5. The van der Waals surface area contributed by atoms with E-state index < -0.39 is 0 Å². The minimum atomic E-state index is -0.111. The second kappa shape index (κ2) is 6.58. The largest absolute Gasteiger partial charge is 0.462 e. The van der Waals surface area contributed by atoms with Gasteiger partial charge in [0.2, 0.25) is 5.91 Å². The molecule has 2 aromatic rings. The SMILES string of the molecule is Cc1ccc(/C=C/C(=O)NCCCn2ccnc2)o1. The summed E-state index contributed by atoms with van der Waals surface area (Å²) < 4.78 is 7.31. The normalized spacial score (nSPS) is 11.0. The van der Waals surface area contributed by atoms with Gasteiger partial charge in [0.15, 0.2) is 0 Å². The van der Waals surface area contributed by atoms with Crippen molar-refractivity contribution >= 4 is 12.0 Å². The number of carbonyl (C=O) groups excluding carboxylic acids is 1. The summed E-state index contributed by atoms with van der Waals surface area (Å²) in [4.78, 5) is 15.5. The van der Waals surface area contributed by atoms with Crippen LogP contribution in [0, 0.1) is 6.92 Å². The molecule has 5 nitrogen and oxygen atoms in total. The molecule has 0 spiro atoms. The minimum Gasteiger partial charge on any atom is -0.462 e. The lowest BCUT2D eigenvalue weighted by atomic mass is 10.3. The standard InChI is InChI=1S/C14H17N3O2/c1-12-3-4-13(19-12)5-6-14(18)16-7-2-9-17-10-8-15-11-17/h3-6,8,10-11H,2,7,9H2,1H3,(H,16,18)/b6-5+. The zero-order valence-corrected chi connectivity index (χ0v) is 10.9. The Morgan fingerprint density at radius 2 is 2.42 bits per heavy atom. The number of carbonyl (C=O) groups is 1. The molecule has 0 bridgehead atoms. The Labute approximate surface area is 111 Å². The van der Waals surface area contributed by atoms with Crippen LogP contribution in [0.1, 0.15) is 17.9 Å². The van der Waals surface area contributed by atoms with Crippen LogP contribution in [0.3, 0.4) is 0 Å². The molecule has 2 rings (SSSR count). The van der Waals surface area contributed by atoms with E-state index in [1.54, 1.807) is 18.6 Å². The molecule has 1 N–H and O–H groups in total. The number of hydrogen-bond donors (Lipinski definition) is 1. The molecule has 0 fully saturated rings. The second-order valence-electron chi connectivity index (χ2n) is 4.23. The molecule has 1 amide bonds. The molecule has 0 aliphatic carbocycles. The summed E-state index contributed by atoms with van der Waals surface area (Å²) in [7, 11) is 0. The second-order valence-corrected chi connectivity index (χ2v) is 4.23. The predicted molar refractivity (Wildman–Crippen MR) is 72.3 cm³/mol. The van der Waals surface area contributed by atoms with Crippen LogP contribution in [-0.4, -0.2) is 22.0 Å². The Morgan fingerprint density at radius 3 is 3.11 bits per heavy atom. The third kappa shape index (κ3) is 4.46. The smallest absolute Gasteiger partial charge is 0.244 e. The van der Waals surface area contributed by atoms with Crippen molar-refractivity contribution in [2.24, 2.45) is 0 Å². The fraction of sp³-hybridized carbons (Fsp3) is 0.286. The summed E-state index contributed by atoms with van der Waals surface area (Å²) in [5.41, 5.74) is 0. The number of aromatic nitrogens is 2. The van der Waals surface area contributed by atoms with Crippen LogP contribution in [0.15, 0.2) is 41.3 Å². The van der Waals surface area contributed by atoms with Gasteiger partial charge in [-0.1, -0.05) is 0 Å². The molecule has 19 heavy (non-hydrogen) atoms. The highest BCUT2D eigenvalue weighted by atomic mass is 16.3. The summed E-state index contributed by atoms with van der Waals surface area (Å²) in [5, 5.41) is 2.82. The quantitative estimate of drug-likeness (QED) is 0.637. The van der Waals surface area contributed by atoms with E-state index in [-0.39, 0.29) is 5.91 Å². The van der Waals surface area contributed by atoms with Gasteiger partial charge in [0.25, 0.3) is 0 Å². The van der Waals surface area contributed by atoms with Gasteiger partial charge < -0.3 is 14.3 Å². The maximum absolute atomic E-state index is 11.5. The lowest BCUT2D eigenvalue weighted by Gasteiger charge is -2.02. The topological polar surface area (TPSA) is 60.1 Å². The van der Waals surface area contributed by atoms with Gasteiger partial charge >= 0.3 is 0 Å². The monoisotopic (exact) mass is 259 g/mol. The van der Waals surface area contributed by atoms with Crippen molar-refractivity contribution in [2.75, 3.05) is 6.54 Å². The molecule has 0 aliphatic heterocycles. The van der Waals surface area contributed by atoms with Gasteiger partial charge in [0.05, 0.1) is 6.33 Å². The number of nitrogens with zero attached hydrogens (tertiary/aromatic N) is 2. The van der Waals surface area contributed by atoms with Gasteiger partial charge in [-0.25, -0.2) is 4.98 Å². The van der Waals surface area contributed by atoms with E-state index in [1.165, 1.54) is 6.08 Å². The van der Waals surface area contributed by atoms with Crippen LogP contribution >= 0.6 is 0 Å². The van der Waals surface area contributed by atoms with E-state index in [2.05, 4.69) is 10.3 Å². The van der Waals surface area contributed by atoms with Crippen LogP contribution in [0.4, 0.5) is 0 Å². The van der Waals surface area contributed by atoms with Crippen LogP contribution in [-0.2, 0) is 11.3 Å². The average molecular weight is 259 g/mol. The molecule has 0 unspecified atom stereocenters. The van der Waals surface area contributed by atoms with Crippen molar-refractivity contribution in [3.8, 4) is 0 Å². The molecule has 5 heteroatoms. The summed E-state index contributed by atoms with van der Waals surface area (Å²) >= 11 is 0. The highest BCUT2D eigenvalue weighted by molar-refractivity contribution is 5.91. The Balaban J connectivity index is 1.66. The Hall–Kier alpha value is -2.30. The molecular weight excluding hydrogens is 242 g/mol. The fourth-order valence-corrected chi connectivity index (χ4v) is 1.65. The lowest BCUT2D eigenvalue weighted by molar-refractivity contribution is -0.116. The first kappa shape index (κ1) is 13.1. The van der Waals surface area contributed by atoms with Crippen molar-refractivity contribution in [2.45, 2.75) is 19.9 Å². The van der Waals surface area contributed by atoms with Gasteiger partial charge in [-0.05, 0) is 31.6 Å². The van der Waals surface area contributed by atoms with Crippen molar-refractivity contribution < 1.29 is 9.21 Å². The number of aryl methyl sites for hydroxylation is 2. The summed E-state index contributed by atoms with van der Waals surface area (Å²) in [6.07, 6.45) is 9.43. The first-order chi connectivity index (χ1) is 9.24. The third-order valence-electron chi connectivity index (χ3n) is 2.61. The highest BCUT2D eigenvalue weighted by Crippen LogP contribution is 2.07. The molecule has 0 atom stereocenters. The molecule has 0 aliphatic rings. The van der Waals surface area contributed by atoms with Crippen LogP contribution in [0.2, 0.25) is 0 Å². The number of furan rings is 1. The van der Waals surface area contributed by atoms with Gasteiger partial charge in [-0.3, -0.25) is 4.79 Å². The third-order valence-corrected chi connectivity index (χ3v) is 2.61. The number of rotatable bonds is 6. The maximum atomic E-state index is 11.5. The summed E-state index contributed by atoms with van der Waals surface area (Å²) in [5.74, 6) is 1.41. The van der Waals surface area contributed by atoms with E-state index in [0.717, 1.165) is 18.7 Å². The molecule has 0 radical (unpaired) electrons. The Bertz CT molecular complexity index is 541. The predicted octanol–water partition coefficient (Wildman–Crippen LogP) is 2.00. The lowest BCUT2D eigenvalue weighted by Crippen LogP contribution is -2.22. The van der Waals surface area contributed by atoms with Gasteiger partial charge in [-0.2, -0.15) is 0 Å². The van der Waals surface area contributed by atoms with E-state index in [0.29, 0.717) is 12.3 Å². The Morgan fingerprint density at radius 1 is 1.53 bits per heavy atom. The zero-order valence-electron chi connectivity index (χ0n) is 10.9. The van der Waals surface area contributed by atoms with E-state index in [4.69, 9.17) is 4.42 Å². The van der Waals surface area contributed by atoms with Crippen molar-refractivity contribution in [3.63, 3.8) is 0 Å². The van der Waals surface area contributed by atoms with Crippen molar-refractivity contribution in [3.05, 3.63) is 48.5 Å². The van der Waals surface area contributed by atoms with Gasteiger partial charge in [0, 0.05) is 31.6 Å². The van der Waals surface area contributed by atoms with Crippen LogP contribution in [0.25, 0.3) is 6.08 Å². The summed E-state index contributed by atoms with van der Waals surface area (Å²) in [6.45, 7) is 3.35. The van der Waals surface area contributed by atoms with Crippen molar-refractivity contribution in [1.29, 1.82) is 0 Å². The number of imidazole rings is 1. The first-order valence-corrected chi connectivity index (χ1v) is 6.22. The van der Waals surface area contributed by atoms with E-state index in [9.17, 15) is 4.79 Å². The van der Waals surface area contributed by atoms with Crippen molar-refractivity contribution in [1.82, 2.24) is 14.9 Å². The van der Waals surface area contributed by atoms with E-state index in [1.807, 2.05) is 29.8 Å². The number of hydrogen-bond acceptors (Lipinski definition) is 3. The molecular formula is C14H17N3O2. The molecule has 2 heterocycles. The number of amides is 1. The van der Waals surface area contributed by atoms with Gasteiger partial charge in [-0.15, -0.1) is 0 Å². The van der Waals surface area contributed by atoms with E-state index >= 15 is 0 Å². The minimum absolute atomic E-state index is 0.111. The molecule has 0 saturated heterocycles. The summed E-state index contributed by atoms with van der Waals surface area (Å²) in [6, 6.07) is 3.70. The molecule has 0 aromatic carbocycles. The number of nitrogens with one attached hydrogen (secondary N) is 1. The van der Waals surface area contributed by atoms with Crippen LogP contribution < -0.4 is 5.32 Å². The van der Waals surface area contributed by atoms with Crippen LogP contribution in [0.5, 0.6) is 0 Å². The average Bonchev–Trinajstić information content (AvgIpc) is 3.03. The fourth-order valence-electron chi connectivity index (χ4n) is 1.65. The first-order valence-electron chi connectivity index (χ1n) is 6.22. The molecule has 0 saturated carbocycles. The maximum Gasteiger partial charge on any atom is 0.244 e.